The third kappa shape index (κ3) is 1.41. The van der Waals surface area contributed by atoms with Gasteiger partial charge in [-0.15, -0.1) is 0 Å². The predicted octanol–water partition coefficient (Wildman–Crippen LogP) is 2.51. The van der Waals surface area contributed by atoms with Gasteiger partial charge in [0.2, 0.25) is 0 Å². The van der Waals surface area contributed by atoms with Crippen LogP contribution in [0.4, 0.5) is 0 Å². The maximum Gasteiger partial charge on any atom is 0.141 e. The van der Waals surface area contributed by atoms with Crippen molar-refractivity contribution in [1.82, 2.24) is 4.98 Å². The molecule has 10 heavy (non-hydrogen) atoms. The standard InChI is InChI=1S/C6H5BrClNO/c1-10-4-2-3-9-6(7)5(4)8/h2-3H,1H3. The first-order chi connectivity index (χ1) is 4.75. The van der Waals surface area contributed by atoms with Crippen molar-refractivity contribution in [1.29, 1.82) is 0 Å². The molecule has 1 aromatic rings. The highest BCUT2D eigenvalue weighted by Gasteiger charge is 2.02. The molecular formula is C6H5BrClNO. The van der Waals surface area contributed by atoms with Crippen LogP contribution in [0.3, 0.4) is 0 Å². The average Bonchev–Trinajstić information content (AvgIpc) is 1.95. The minimum Gasteiger partial charge on any atom is -0.495 e. The fraction of sp³-hybridized carbons (Fsp3) is 0.167. The molecule has 1 rings (SSSR count). The van der Waals surface area contributed by atoms with E-state index in [-0.39, 0.29) is 0 Å². The van der Waals surface area contributed by atoms with E-state index in [1.165, 1.54) is 0 Å². The molecule has 1 aromatic heterocycles. The van der Waals surface area contributed by atoms with Gasteiger partial charge in [-0.2, -0.15) is 0 Å². The third-order valence-corrected chi connectivity index (χ3v) is 2.23. The highest BCUT2D eigenvalue weighted by Crippen LogP contribution is 2.29. The molecule has 0 aliphatic rings. The fourth-order valence-corrected chi connectivity index (χ4v) is 1.06. The molecule has 0 fully saturated rings. The van der Waals surface area contributed by atoms with Crippen LogP contribution >= 0.6 is 27.5 Å². The topological polar surface area (TPSA) is 22.1 Å². The van der Waals surface area contributed by atoms with Gasteiger partial charge in [-0.1, -0.05) is 11.6 Å². The zero-order valence-electron chi connectivity index (χ0n) is 5.27. The molecule has 0 N–H and O–H groups in total. The van der Waals surface area contributed by atoms with Gasteiger partial charge in [0.15, 0.2) is 0 Å². The van der Waals surface area contributed by atoms with Crippen LogP contribution in [0.5, 0.6) is 5.75 Å². The van der Waals surface area contributed by atoms with Crippen LogP contribution in [0.15, 0.2) is 16.9 Å². The van der Waals surface area contributed by atoms with Gasteiger partial charge in [-0.3, -0.25) is 0 Å². The van der Waals surface area contributed by atoms with Gasteiger partial charge >= 0.3 is 0 Å². The smallest absolute Gasteiger partial charge is 0.141 e. The average molecular weight is 222 g/mol. The molecule has 4 heteroatoms. The van der Waals surface area contributed by atoms with E-state index in [0.29, 0.717) is 15.4 Å². The molecule has 0 amide bonds. The first-order valence-electron chi connectivity index (χ1n) is 2.59. The van der Waals surface area contributed by atoms with Crippen molar-refractivity contribution in [2.45, 2.75) is 0 Å². The number of halogens is 2. The van der Waals surface area contributed by atoms with E-state index in [0.717, 1.165) is 0 Å². The van der Waals surface area contributed by atoms with Crippen LogP contribution in [0.1, 0.15) is 0 Å². The molecule has 54 valence electrons. The van der Waals surface area contributed by atoms with Crippen molar-refractivity contribution in [3.63, 3.8) is 0 Å². The van der Waals surface area contributed by atoms with Gasteiger partial charge in [-0.25, -0.2) is 4.98 Å². The van der Waals surface area contributed by atoms with Crippen LogP contribution in [0.2, 0.25) is 5.02 Å². The number of rotatable bonds is 1. The molecule has 0 radical (unpaired) electrons. The number of pyridine rings is 1. The lowest BCUT2D eigenvalue weighted by atomic mass is 10.4. The van der Waals surface area contributed by atoms with Gasteiger partial charge in [0.25, 0.3) is 0 Å². The van der Waals surface area contributed by atoms with E-state index in [9.17, 15) is 0 Å². The van der Waals surface area contributed by atoms with Crippen molar-refractivity contribution in [3.8, 4) is 5.75 Å². The maximum absolute atomic E-state index is 5.76. The molecule has 0 bridgehead atoms. The number of hydrogen-bond acceptors (Lipinski definition) is 2. The van der Waals surface area contributed by atoms with E-state index in [1.807, 2.05) is 0 Å². The maximum atomic E-state index is 5.76. The highest BCUT2D eigenvalue weighted by atomic mass is 79.9. The molecule has 2 nitrogen and oxygen atoms in total. The minimum absolute atomic E-state index is 0.505. The molecule has 0 aliphatic heterocycles. The Hall–Kier alpha value is -0.280. The van der Waals surface area contributed by atoms with Crippen molar-refractivity contribution < 1.29 is 4.74 Å². The highest BCUT2D eigenvalue weighted by molar-refractivity contribution is 9.10. The van der Waals surface area contributed by atoms with Crippen molar-refractivity contribution >= 4 is 27.5 Å². The Morgan fingerprint density at radius 2 is 2.40 bits per heavy atom. The van der Waals surface area contributed by atoms with Gasteiger partial charge in [0, 0.05) is 12.3 Å². The summed E-state index contributed by atoms with van der Waals surface area (Å²) in [4.78, 5) is 3.89. The molecule has 0 aliphatic carbocycles. The lowest BCUT2D eigenvalue weighted by Crippen LogP contribution is -1.85. The summed E-state index contributed by atoms with van der Waals surface area (Å²) in [6.45, 7) is 0. The Morgan fingerprint density at radius 3 is 2.90 bits per heavy atom. The summed E-state index contributed by atoms with van der Waals surface area (Å²) in [5.74, 6) is 0.628. The number of aromatic nitrogens is 1. The lowest BCUT2D eigenvalue weighted by Gasteiger charge is -2.01. The summed E-state index contributed by atoms with van der Waals surface area (Å²) >= 11 is 8.92. The van der Waals surface area contributed by atoms with E-state index in [1.54, 1.807) is 19.4 Å². The van der Waals surface area contributed by atoms with Crippen LogP contribution in [-0.4, -0.2) is 12.1 Å². The van der Waals surface area contributed by atoms with Gasteiger partial charge < -0.3 is 4.74 Å². The van der Waals surface area contributed by atoms with Gasteiger partial charge in [0.05, 0.1) is 7.11 Å². The van der Waals surface area contributed by atoms with Crippen molar-refractivity contribution in [2.24, 2.45) is 0 Å². The quantitative estimate of drug-likeness (QED) is 0.681. The van der Waals surface area contributed by atoms with E-state index >= 15 is 0 Å². The van der Waals surface area contributed by atoms with Crippen LogP contribution in [0, 0.1) is 0 Å². The Kier molecular flexibility index (Phi) is 2.51. The minimum atomic E-state index is 0.505. The molecule has 0 aromatic carbocycles. The Bertz CT molecular complexity index is 241. The van der Waals surface area contributed by atoms with E-state index in [2.05, 4.69) is 20.9 Å². The fourth-order valence-electron chi connectivity index (χ4n) is 0.560. The number of nitrogens with zero attached hydrogens (tertiary/aromatic N) is 1. The summed E-state index contributed by atoms with van der Waals surface area (Å²) in [7, 11) is 1.56. The zero-order chi connectivity index (χ0) is 7.56. The first-order valence-corrected chi connectivity index (χ1v) is 3.77. The lowest BCUT2D eigenvalue weighted by molar-refractivity contribution is 0.414. The van der Waals surface area contributed by atoms with Crippen LogP contribution in [-0.2, 0) is 0 Å². The summed E-state index contributed by atoms with van der Waals surface area (Å²) in [6.07, 6.45) is 1.62. The molecule has 0 atom stereocenters. The second-order valence-corrected chi connectivity index (χ2v) is 2.75. The second kappa shape index (κ2) is 3.21. The van der Waals surface area contributed by atoms with Crippen LogP contribution < -0.4 is 4.74 Å². The molecule has 1 heterocycles. The molecule has 0 unspecified atom stereocenters. The summed E-state index contributed by atoms with van der Waals surface area (Å²) in [6, 6.07) is 1.70. The second-order valence-electron chi connectivity index (χ2n) is 1.62. The van der Waals surface area contributed by atoms with Crippen molar-refractivity contribution in [3.05, 3.63) is 21.9 Å². The molecule has 0 saturated heterocycles. The summed E-state index contributed by atoms with van der Waals surface area (Å²) < 4.78 is 5.53. The van der Waals surface area contributed by atoms with Gasteiger partial charge in [-0.05, 0) is 15.9 Å². The summed E-state index contributed by atoms with van der Waals surface area (Å²) in [5.41, 5.74) is 0. The Morgan fingerprint density at radius 1 is 1.70 bits per heavy atom. The molecule has 0 spiro atoms. The largest absolute Gasteiger partial charge is 0.495 e. The Labute approximate surface area is 72.3 Å². The zero-order valence-corrected chi connectivity index (χ0v) is 7.61. The Balaban J connectivity index is 3.14. The molecule has 0 saturated carbocycles. The molecular weight excluding hydrogens is 217 g/mol. The van der Waals surface area contributed by atoms with Gasteiger partial charge in [0.1, 0.15) is 15.4 Å². The first kappa shape index (κ1) is 7.82. The van der Waals surface area contributed by atoms with Crippen LogP contribution in [0.25, 0.3) is 0 Å². The van der Waals surface area contributed by atoms with E-state index < -0.39 is 0 Å². The normalized spacial score (nSPS) is 9.50. The number of hydrogen-bond donors (Lipinski definition) is 0. The SMILES string of the molecule is COc1ccnc(Br)c1Cl. The third-order valence-electron chi connectivity index (χ3n) is 1.03. The predicted molar refractivity (Wildman–Crippen MR) is 43.5 cm³/mol. The summed E-state index contributed by atoms with van der Waals surface area (Å²) in [5, 5.41) is 0.505. The van der Waals surface area contributed by atoms with Crippen molar-refractivity contribution in [2.75, 3.05) is 7.11 Å². The number of ether oxygens (including phenoxy) is 1. The monoisotopic (exact) mass is 221 g/mol. The number of methoxy groups -OCH3 is 1. The van der Waals surface area contributed by atoms with E-state index in [4.69, 9.17) is 16.3 Å².